The summed E-state index contributed by atoms with van der Waals surface area (Å²) in [4.78, 5) is 22.1. The van der Waals surface area contributed by atoms with Gasteiger partial charge in [-0.3, -0.25) is 14.9 Å². The first-order chi connectivity index (χ1) is 12.1. The number of nitrogens with zero attached hydrogens (tertiary/aromatic N) is 3. The minimum absolute atomic E-state index is 0.0688. The molecule has 0 aliphatic rings. The van der Waals surface area contributed by atoms with Crippen LogP contribution in [0.5, 0.6) is 0 Å². The molecule has 0 saturated carbocycles. The molecule has 3 aromatic rings. The number of non-ortho nitro benzene ring substituents is 1. The van der Waals surface area contributed by atoms with Crippen LogP contribution in [-0.2, 0) is 0 Å². The van der Waals surface area contributed by atoms with Gasteiger partial charge >= 0.3 is 0 Å². The van der Waals surface area contributed by atoms with Gasteiger partial charge in [0.2, 0.25) is 0 Å². The fraction of sp³-hybridized carbons (Fsp3) is 0. The maximum Gasteiger partial charge on any atom is 0.271 e. The number of nitrogens with one attached hydrogen (secondary N) is 1. The second-order valence-corrected chi connectivity index (χ2v) is 5.14. The molecule has 0 aliphatic carbocycles. The van der Waals surface area contributed by atoms with Crippen LogP contribution in [-0.4, -0.2) is 21.6 Å². The molecule has 2 aromatic carbocycles. The first kappa shape index (κ1) is 16.1. The van der Waals surface area contributed by atoms with Gasteiger partial charge in [0.15, 0.2) is 0 Å². The molecular weight excluding hydrogens is 320 g/mol. The van der Waals surface area contributed by atoms with E-state index in [0.717, 1.165) is 11.4 Å². The van der Waals surface area contributed by atoms with E-state index in [1.54, 1.807) is 0 Å². The Morgan fingerprint density at radius 2 is 1.76 bits per heavy atom. The van der Waals surface area contributed by atoms with Crippen LogP contribution in [0.15, 0.2) is 78.0 Å². The molecule has 7 nitrogen and oxygen atoms in total. The first-order valence-electron chi connectivity index (χ1n) is 7.46. The number of hydrogen-bond acceptors (Lipinski definition) is 4. The van der Waals surface area contributed by atoms with Gasteiger partial charge in [-0.1, -0.05) is 18.2 Å². The van der Waals surface area contributed by atoms with E-state index in [1.165, 1.54) is 30.5 Å². The monoisotopic (exact) mass is 334 g/mol. The summed E-state index contributed by atoms with van der Waals surface area (Å²) >= 11 is 0. The van der Waals surface area contributed by atoms with Gasteiger partial charge in [0.05, 0.1) is 16.8 Å². The molecule has 1 heterocycles. The number of carbonyl (C=O) groups excluding carboxylic acids is 1. The molecule has 0 aliphatic heterocycles. The van der Waals surface area contributed by atoms with E-state index in [2.05, 4.69) is 10.5 Å². The predicted octanol–water partition coefficient (Wildman–Crippen LogP) is 3.15. The molecule has 3 rings (SSSR count). The molecule has 0 spiro atoms. The lowest BCUT2D eigenvalue weighted by molar-refractivity contribution is -0.384. The number of aromatic nitrogens is 1. The third-order valence-corrected chi connectivity index (χ3v) is 3.52. The van der Waals surface area contributed by atoms with Crippen molar-refractivity contribution in [3.63, 3.8) is 0 Å². The zero-order valence-corrected chi connectivity index (χ0v) is 13.1. The summed E-state index contributed by atoms with van der Waals surface area (Å²) in [5.41, 5.74) is 4.42. The molecule has 7 heteroatoms. The second-order valence-electron chi connectivity index (χ2n) is 5.14. The number of rotatable bonds is 5. The third kappa shape index (κ3) is 3.78. The number of benzene rings is 2. The smallest absolute Gasteiger partial charge is 0.271 e. The van der Waals surface area contributed by atoms with Crippen LogP contribution in [0.2, 0.25) is 0 Å². The number of nitro groups is 1. The zero-order valence-electron chi connectivity index (χ0n) is 13.1. The van der Waals surface area contributed by atoms with Crippen LogP contribution in [0.25, 0.3) is 5.69 Å². The molecular formula is C18H14N4O3. The van der Waals surface area contributed by atoms with E-state index in [-0.39, 0.29) is 5.69 Å². The minimum atomic E-state index is -0.516. The molecule has 0 bridgehead atoms. The van der Waals surface area contributed by atoms with Gasteiger partial charge in [0.25, 0.3) is 11.6 Å². The number of carbonyl (C=O) groups is 1. The fourth-order valence-electron chi connectivity index (χ4n) is 2.28. The summed E-state index contributed by atoms with van der Waals surface area (Å²) in [6.45, 7) is 0. The van der Waals surface area contributed by atoms with Crippen molar-refractivity contribution in [2.75, 3.05) is 0 Å². The molecule has 0 fully saturated rings. The lowest BCUT2D eigenvalue weighted by Gasteiger charge is -2.05. The molecule has 25 heavy (non-hydrogen) atoms. The largest absolute Gasteiger partial charge is 0.316 e. The Labute approximate surface area is 143 Å². The van der Waals surface area contributed by atoms with E-state index in [1.807, 2.05) is 53.2 Å². The lowest BCUT2D eigenvalue weighted by atomic mass is 10.2. The van der Waals surface area contributed by atoms with Gasteiger partial charge in [-0.2, -0.15) is 5.10 Å². The number of hydrogen-bond donors (Lipinski definition) is 1. The standard InChI is InChI=1S/C18H14N4O3/c23-18(14-8-10-16(11-9-14)22(24)25)20-19-13-17-7-4-12-21(17)15-5-2-1-3-6-15/h1-13H,(H,20,23). The average molecular weight is 334 g/mol. The molecule has 1 amide bonds. The van der Waals surface area contributed by atoms with Crippen molar-refractivity contribution in [3.8, 4) is 5.69 Å². The van der Waals surface area contributed by atoms with Crippen LogP contribution in [0.4, 0.5) is 5.69 Å². The number of para-hydroxylation sites is 1. The Hall–Kier alpha value is -3.74. The van der Waals surface area contributed by atoms with Crippen molar-refractivity contribution in [2.24, 2.45) is 5.10 Å². The van der Waals surface area contributed by atoms with Gasteiger partial charge in [0, 0.05) is 29.6 Å². The van der Waals surface area contributed by atoms with Crippen LogP contribution in [0.3, 0.4) is 0 Å². The molecule has 1 aromatic heterocycles. The molecule has 0 unspecified atom stereocenters. The van der Waals surface area contributed by atoms with Crippen LogP contribution in [0, 0.1) is 10.1 Å². The Morgan fingerprint density at radius 3 is 2.44 bits per heavy atom. The number of nitro benzene ring substituents is 1. The van der Waals surface area contributed by atoms with Crippen LogP contribution in [0.1, 0.15) is 16.1 Å². The number of amides is 1. The third-order valence-electron chi connectivity index (χ3n) is 3.52. The maximum atomic E-state index is 12.0. The Balaban J connectivity index is 1.69. The molecule has 0 saturated heterocycles. The molecule has 124 valence electrons. The van der Waals surface area contributed by atoms with Crippen molar-refractivity contribution in [3.05, 3.63) is 94.3 Å². The minimum Gasteiger partial charge on any atom is -0.316 e. The van der Waals surface area contributed by atoms with E-state index >= 15 is 0 Å². The van der Waals surface area contributed by atoms with Gasteiger partial charge in [-0.15, -0.1) is 0 Å². The Bertz CT molecular complexity index is 915. The predicted molar refractivity (Wildman–Crippen MR) is 93.9 cm³/mol. The molecule has 1 N–H and O–H groups in total. The number of hydrazone groups is 1. The normalized spacial score (nSPS) is 10.7. The summed E-state index contributed by atoms with van der Waals surface area (Å²) in [6.07, 6.45) is 3.44. The van der Waals surface area contributed by atoms with E-state index in [4.69, 9.17) is 0 Å². The quantitative estimate of drug-likeness (QED) is 0.441. The molecule has 0 atom stereocenters. The first-order valence-corrected chi connectivity index (χ1v) is 7.46. The maximum absolute atomic E-state index is 12.0. The zero-order chi connectivity index (χ0) is 17.6. The van der Waals surface area contributed by atoms with Crippen molar-refractivity contribution in [1.82, 2.24) is 9.99 Å². The SMILES string of the molecule is O=C(NN=Cc1cccn1-c1ccccc1)c1ccc([N+](=O)[O-])cc1. The van der Waals surface area contributed by atoms with Crippen molar-refractivity contribution >= 4 is 17.8 Å². The van der Waals surface area contributed by atoms with Crippen LogP contribution < -0.4 is 5.43 Å². The lowest BCUT2D eigenvalue weighted by Crippen LogP contribution is -2.17. The summed E-state index contributed by atoms with van der Waals surface area (Å²) in [6, 6.07) is 18.8. The summed E-state index contributed by atoms with van der Waals surface area (Å²) in [7, 11) is 0. The average Bonchev–Trinajstić information content (AvgIpc) is 3.11. The second kappa shape index (κ2) is 7.22. The van der Waals surface area contributed by atoms with Gasteiger partial charge in [-0.05, 0) is 36.4 Å². The van der Waals surface area contributed by atoms with Crippen LogP contribution >= 0.6 is 0 Å². The highest BCUT2D eigenvalue weighted by atomic mass is 16.6. The van der Waals surface area contributed by atoms with E-state index < -0.39 is 10.8 Å². The Morgan fingerprint density at radius 1 is 1.04 bits per heavy atom. The van der Waals surface area contributed by atoms with Crippen molar-refractivity contribution in [1.29, 1.82) is 0 Å². The van der Waals surface area contributed by atoms with Crippen molar-refractivity contribution in [2.45, 2.75) is 0 Å². The van der Waals surface area contributed by atoms with E-state index in [9.17, 15) is 14.9 Å². The highest BCUT2D eigenvalue weighted by molar-refractivity contribution is 5.95. The van der Waals surface area contributed by atoms with Crippen molar-refractivity contribution < 1.29 is 9.72 Å². The highest BCUT2D eigenvalue weighted by Crippen LogP contribution is 2.12. The van der Waals surface area contributed by atoms with Gasteiger partial charge in [0.1, 0.15) is 0 Å². The Kier molecular flexibility index (Phi) is 4.66. The van der Waals surface area contributed by atoms with E-state index in [0.29, 0.717) is 5.56 Å². The fourth-order valence-corrected chi connectivity index (χ4v) is 2.28. The van der Waals surface area contributed by atoms with Gasteiger partial charge in [-0.25, -0.2) is 5.43 Å². The topological polar surface area (TPSA) is 89.5 Å². The summed E-state index contributed by atoms with van der Waals surface area (Å²) in [5, 5.41) is 14.6. The van der Waals surface area contributed by atoms with Gasteiger partial charge < -0.3 is 4.57 Å². The highest BCUT2D eigenvalue weighted by Gasteiger charge is 2.08. The summed E-state index contributed by atoms with van der Waals surface area (Å²) < 4.78 is 1.93. The molecule has 0 radical (unpaired) electrons. The summed E-state index contributed by atoms with van der Waals surface area (Å²) in [5.74, 6) is -0.441.